The van der Waals surface area contributed by atoms with E-state index in [9.17, 15) is 18.0 Å². The molecule has 38 heavy (non-hydrogen) atoms. The molecule has 11 heteroatoms. The minimum atomic E-state index is -4.71. The van der Waals surface area contributed by atoms with Crippen molar-refractivity contribution in [2.45, 2.75) is 12.7 Å². The van der Waals surface area contributed by atoms with Crippen LogP contribution in [-0.4, -0.2) is 63.6 Å². The van der Waals surface area contributed by atoms with Gasteiger partial charge in [-0.3, -0.25) is 9.69 Å². The molecule has 0 radical (unpaired) electrons. The van der Waals surface area contributed by atoms with Crippen LogP contribution in [0.2, 0.25) is 0 Å². The number of methoxy groups -OCH3 is 1. The highest BCUT2D eigenvalue weighted by atomic mass is 19.4. The first-order chi connectivity index (χ1) is 18.3. The van der Waals surface area contributed by atoms with Crippen molar-refractivity contribution in [3.05, 3.63) is 83.2 Å². The third-order valence-electron chi connectivity index (χ3n) is 6.50. The quantitative estimate of drug-likeness (QED) is 0.391. The number of amides is 1. The van der Waals surface area contributed by atoms with Crippen molar-refractivity contribution < 1.29 is 22.7 Å². The van der Waals surface area contributed by atoms with E-state index in [-0.39, 0.29) is 16.9 Å². The van der Waals surface area contributed by atoms with Crippen molar-refractivity contribution in [1.29, 1.82) is 5.26 Å². The summed E-state index contributed by atoms with van der Waals surface area (Å²) < 4.78 is 47.6. The molecular formula is C27H23F3N6O2. The van der Waals surface area contributed by atoms with Gasteiger partial charge in [-0.05, 0) is 48.0 Å². The number of nitrogens with zero attached hydrogens (tertiary/aromatic N) is 6. The van der Waals surface area contributed by atoms with E-state index in [0.29, 0.717) is 54.1 Å². The second kappa shape index (κ2) is 10.1. The van der Waals surface area contributed by atoms with Crippen molar-refractivity contribution >= 4 is 11.6 Å². The predicted octanol–water partition coefficient (Wildman–Crippen LogP) is 4.25. The van der Waals surface area contributed by atoms with Crippen molar-refractivity contribution in [2.75, 3.05) is 33.3 Å². The van der Waals surface area contributed by atoms with E-state index >= 15 is 0 Å². The Morgan fingerprint density at radius 3 is 2.47 bits per heavy atom. The molecule has 1 aliphatic rings. The number of rotatable bonds is 5. The summed E-state index contributed by atoms with van der Waals surface area (Å²) in [6, 6.07) is 16.9. The van der Waals surface area contributed by atoms with Gasteiger partial charge >= 0.3 is 6.18 Å². The molecule has 0 saturated carbocycles. The van der Waals surface area contributed by atoms with Gasteiger partial charge in [0.05, 0.1) is 30.6 Å². The van der Waals surface area contributed by atoms with Gasteiger partial charge < -0.3 is 9.64 Å². The van der Waals surface area contributed by atoms with Crippen molar-refractivity contribution in [3.63, 3.8) is 0 Å². The molecule has 4 aromatic rings. The minimum Gasteiger partial charge on any atom is -0.497 e. The maximum absolute atomic E-state index is 13.9. The van der Waals surface area contributed by atoms with Crippen LogP contribution in [0.25, 0.3) is 16.9 Å². The van der Waals surface area contributed by atoms with Crippen LogP contribution in [0.5, 0.6) is 5.75 Å². The zero-order valence-electron chi connectivity index (χ0n) is 20.4. The van der Waals surface area contributed by atoms with Gasteiger partial charge in [0.1, 0.15) is 11.3 Å². The predicted molar refractivity (Wildman–Crippen MR) is 132 cm³/mol. The van der Waals surface area contributed by atoms with E-state index in [1.807, 2.05) is 18.2 Å². The molecule has 1 amide bonds. The highest BCUT2D eigenvalue weighted by Crippen LogP contribution is 2.33. The second-order valence-electron chi connectivity index (χ2n) is 8.93. The number of benzene rings is 2. The summed E-state index contributed by atoms with van der Waals surface area (Å²) in [4.78, 5) is 21.6. The summed E-state index contributed by atoms with van der Waals surface area (Å²) in [6.07, 6.45) is -3.55. The third kappa shape index (κ3) is 5.03. The number of aromatic nitrogens is 3. The number of ether oxygens (including phenoxy) is 1. The molecule has 0 unspecified atom stereocenters. The number of hydrogen-bond acceptors (Lipinski definition) is 6. The first kappa shape index (κ1) is 25.2. The van der Waals surface area contributed by atoms with Gasteiger partial charge in [-0.15, -0.1) is 0 Å². The molecule has 0 aliphatic carbocycles. The first-order valence-electron chi connectivity index (χ1n) is 11.9. The minimum absolute atomic E-state index is 0.0148. The topological polar surface area (TPSA) is 86.8 Å². The highest BCUT2D eigenvalue weighted by Gasteiger charge is 2.36. The van der Waals surface area contributed by atoms with Gasteiger partial charge in [0.15, 0.2) is 11.3 Å². The zero-order valence-corrected chi connectivity index (χ0v) is 20.4. The molecule has 0 N–H and O–H groups in total. The molecular weight excluding hydrogens is 497 g/mol. The van der Waals surface area contributed by atoms with Gasteiger partial charge in [-0.1, -0.05) is 12.1 Å². The van der Waals surface area contributed by atoms with Crippen molar-refractivity contribution in [1.82, 2.24) is 24.4 Å². The summed E-state index contributed by atoms with van der Waals surface area (Å²) in [5, 5.41) is 13.0. The first-order valence-corrected chi connectivity index (χ1v) is 11.9. The highest BCUT2D eigenvalue weighted by molar-refractivity contribution is 6.00. The van der Waals surface area contributed by atoms with Crippen LogP contribution in [0.3, 0.4) is 0 Å². The lowest BCUT2D eigenvalue weighted by Crippen LogP contribution is -2.48. The van der Waals surface area contributed by atoms with Crippen LogP contribution >= 0.6 is 0 Å². The van der Waals surface area contributed by atoms with E-state index in [1.165, 1.54) is 7.11 Å². The fourth-order valence-electron chi connectivity index (χ4n) is 4.50. The molecule has 194 valence electrons. The number of nitriles is 1. The van der Waals surface area contributed by atoms with E-state index in [2.05, 4.69) is 21.1 Å². The van der Waals surface area contributed by atoms with Gasteiger partial charge in [-0.2, -0.15) is 23.5 Å². The number of hydrogen-bond donors (Lipinski definition) is 0. The fraction of sp³-hybridized carbons (Fsp3) is 0.259. The zero-order chi connectivity index (χ0) is 26.9. The Labute approximate surface area is 216 Å². The number of halogens is 3. The molecule has 1 fully saturated rings. The summed E-state index contributed by atoms with van der Waals surface area (Å²) in [7, 11) is 1.50. The van der Waals surface area contributed by atoms with Crippen LogP contribution in [0, 0.1) is 11.3 Å². The van der Waals surface area contributed by atoms with Gasteiger partial charge in [0.25, 0.3) is 5.91 Å². The SMILES string of the molecule is COc1ccc(-c2cc(C(F)(F)F)n3ncc(C(=O)N4CCN(Cc5cccc(C#N)c5)CC4)c3n2)cc1. The van der Waals surface area contributed by atoms with Gasteiger partial charge in [0.2, 0.25) is 0 Å². The number of carbonyl (C=O) groups excluding carboxylic acids is 1. The van der Waals surface area contributed by atoms with E-state index in [0.717, 1.165) is 17.8 Å². The van der Waals surface area contributed by atoms with Crippen LogP contribution in [-0.2, 0) is 12.7 Å². The molecule has 1 saturated heterocycles. The fourth-order valence-corrected chi connectivity index (χ4v) is 4.50. The standard InChI is InChI=1S/C27H23F3N6O2/c1-38-21-7-5-20(6-8-21)23-14-24(27(28,29)30)36-25(33-23)22(16-32-36)26(37)35-11-9-34(10-12-35)17-19-4-2-3-18(13-19)15-31/h2-8,13-14,16H,9-12,17H2,1H3. The maximum Gasteiger partial charge on any atom is 0.433 e. The smallest absolute Gasteiger partial charge is 0.433 e. The average Bonchev–Trinajstić information content (AvgIpc) is 3.36. The molecule has 1 aliphatic heterocycles. The molecule has 5 rings (SSSR count). The molecule has 2 aromatic carbocycles. The number of fused-ring (bicyclic) bond motifs is 1. The summed E-state index contributed by atoms with van der Waals surface area (Å²) in [6.45, 7) is 2.60. The maximum atomic E-state index is 13.9. The van der Waals surface area contributed by atoms with Gasteiger partial charge in [0, 0.05) is 38.3 Å². The third-order valence-corrected chi connectivity index (χ3v) is 6.50. The normalized spacial score (nSPS) is 14.4. The van der Waals surface area contributed by atoms with Crippen LogP contribution in [0.1, 0.15) is 27.2 Å². The van der Waals surface area contributed by atoms with Crippen molar-refractivity contribution in [2.24, 2.45) is 0 Å². The lowest BCUT2D eigenvalue weighted by molar-refractivity contribution is -0.142. The van der Waals surface area contributed by atoms with Crippen LogP contribution in [0.15, 0.2) is 60.8 Å². The van der Waals surface area contributed by atoms with E-state index in [1.54, 1.807) is 35.2 Å². The number of alkyl halides is 3. The molecule has 0 bridgehead atoms. The number of carbonyl (C=O) groups is 1. The van der Waals surface area contributed by atoms with Crippen molar-refractivity contribution in [3.8, 4) is 23.1 Å². The molecule has 2 aromatic heterocycles. The summed E-state index contributed by atoms with van der Waals surface area (Å²) >= 11 is 0. The summed E-state index contributed by atoms with van der Waals surface area (Å²) in [5.74, 6) is 0.140. The molecule has 8 nitrogen and oxygen atoms in total. The largest absolute Gasteiger partial charge is 0.497 e. The van der Waals surface area contributed by atoms with Crippen LogP contribution < -0.4 is 4.74 Å². The Morgan fingerprint density at radius 1 is 1.08 bits per heavy atom. The van der Waals surface area contributed by atoms with Gasteiger partial charge in [-0.25, -0.2) is 9.50 Å². The average molecular weight is 521 g/mol. The lowest BCUT2D eigenvalue weighted by Gasteiger charge is -2.34. The molecule has 3 heterocycles. The number of piperazine rings is 1. The monoisotopic (exact) mass is 520 g/mol. The molecule has 0 spiro atoms. The van der Waals surface area contributed by atoms with E-state index in [4.69, 9.17) is 10.00 Å². The Balaban J connectivity index is 1.39. The van der Waals surface area contributed by atoms with E-state index < -0.39 is 17.8 Å². The Hall–Kier alpha value is -4.43. The summed E-state index contributed by atoms with van der Waals surface area (Å²) in [5.41, 5.74) is 0.966. The Kier molecular flexibility index (Phi) is 6.73. The Bertz CT molecular complexity index is 1520. The van der Waals surface area contributed by atoms with Crippen LogP contribution in [0.4, 0.5) is 13.2 Å². The molecule has 0 atom stereocenters. The second-order valence-corrected chi connectivity index (χ2v) is 8.93. The Morgan fingerprint density at radius 2 is 1.82 bits per heavy atom. The lowest BCUT2D eigenvalue weighted by atomic mass is 10.1.